The zero-order valence-corrected chi connectivity index (χ0v) is 39.5. The Morgan fingerprint density at radius 2 is 1.13 bits per heavy atom. The van der Waals surface area contributed by atoms with Gasteiger partial charge >= 0.3 is 34.4 Å². The Morgan fingerprint density at radius 1 is 0.677 bits per heavy atom. The van der Waals surface area contributed by atoms with Crippen LogP contribution in [0.3, 0.4) is 0 Å². The van der Waals surface area contributed by atoms with Crippen molar-refractivity contribution in [2.24, 2.45) is 0 Å². The Balaban J connectivity index is 0.000000197. The number of carbonyl (C=O) groups is 1. The number of aliphatic hydroxyl groups excluding tert-OH is 1. The number of unbranched alkanes of at least 4 members (excludes halogenated alkanes) is 1. The molecule has 62 heavy (non-hydrogen) atoms. The molecule has 16 nitrogen and oxygen atoms in total. The van der Waals surface area contributed by atoms with Crippen LogP contribution in [0.2, 0.25) is 10.3 Å². The third-order valence-electron chi connectivity index (χ3n) is 11.0. The molecule has 8 aromatic rings. The number of pyridine rings is 4. The molecular weight excluding hydrogens is 959 g/mol. The molecule has 10 rings (SSSR count). The number of hydrogen-bond donors (Lipinski definition) is 1. The fourth-order valence-electron chi connectivity index (χ4n) is 7.90. The van der Waals surface area contributed by atoms with Gasteiger partial charge in [0.05, 0.1) is 64.7 Å². The smallest absolute Gasteiger partial charge is 1.00 e. The third-order valence-corrected chi connectivity index (χ3v) is 11.4. The maximum absolute atomic E-state index is 13.2. The minimum Gasteiger partial charge on any atom is -1.00 e. The average molecular weight is 1000 g/mol. The molecule has 1 unspecified atom stereocenters. The topological polar surface area (TPSA) is 178 Å². The van der Waals surface area contributed by atoms with E-state index in [0.29, 0.717) is 72.9 Å². The van der Waals surface area contributed by atoms with Gasteiger partial charge in [0.15, 0.2) is 11.3 Å². The largest absolute Gasteiger partial charge is 2.00 e. The van der Waals surface area contributed by atoms with Crippen LogP contribution in [0.25, 0.3) is 44.4 Å². The summed E-state index contributed by atoms with van der Waals surface area (Å²) in [5, 5.41) is 10.4. The van der Waals surface area contributed by atoms with E-state index in [0.717, 1.165) is 77.3 Å². The Labute approximate surface area is 399 Å². The van der Waals surface area contributed by atoms with E-state index in [2.05, 4.69) is 29.5 Å². The molecule has 320 valence electrons. The van der Waals surface area contributed by atoms with E-state index in [1.54, 1.807) is 53.0 Å². The Bertz CT molecular complexity index is 2980. The van der Waals surface area contributed by atoms with Crippen molar-refractivity contribution in [3.63, 3.8) is 0 Å². The summed E-state index contributed by atoms with van der Waals surface area (Å²) in [5.74, 6) is 1.45. The molecule has 2 saturated carbocycles. The van der Waals surface area contributed by atoms with Gasteiger partial charge in [0, 0.05) is 44.0 Å². The molecule has 0 amide bonds. The summed E-state index contributed by atoms with van der Waals surface area (Å²) in [7, 11) is 0. The first-order valence-electron chi connectivity index (χ1n) is 19.9. The summed E-state index contributed by atoms with van der Waals surface area (Å²) in [4.78, 5) is 63.7. The number of aliphatic hydroxyl groups is 1. The number of halogens is 3. The summed E-state index contributed by atoms with van der Waals surface area (Å²) < 4.78 is 11.3. The Kier molecular flexibility index (Phi) is 15.3. The van der Waals surface area contributed by atoms with E-state index in [-0.39, 0.29) is 84.0 Å². The summed E-state index contributed by atoms with van der Waals surface area (Å²) in [6.45, 7) is 3.70. The van der Waals surface area contributed by atoms with E-state index in [9.17, 15) is 19.5 Å². The minimum atomic E-state index is -0.360. The number of rotatable bonds is 14. The number of imidazole rings is 4. The SMILES string of the molecule is CC(O)CCCn1c(Cn2c(=O)n(C3CC3)c3ccncc32)nc2nc(Cl)ccc21.O=CCCCn1c(Cn2c(=O)n(C3CC3)c3ccncc32)nc2nc(Cl)ccc21.[CH3-].[I-].[Mg+2]. The zero-order valence-electron chi connectivity index (χ0n) is 34.4. The van der Waals surface area contributed by atoms with Crippen molar-refractivity contribution < 1.29 is 33.9 Å². The fourth-order valence-corrected chi connectivity index (χ4v) is 8.18. The van der Waals surface area contributed by atoms with E-state index < -0.39 is 0 Å². The maximum Gasteiger partial charge on any atom is 2.00 e. The summed E-state index contributed by atoms with van der Waals surface area (Å²) >= 11 is 12.1. The molecule has 8 aromatic heterocycles. The predicted molar refractivity (Wildman–Crippen MR) is 236 cm³/mol. The molecule has 0 aliphatic heterocycles. The van der Waals surface area contributed by atoms with E-state index in [1.807, 2.05) is 38.0 Å². The second-order valence-corrected chi connectivity index (χ2v) is 16.1. The fraction of sp³-hybridized carbons (Fsp3) is 0.381. The van der Waals surface area contributed by atoms with Crippen LogP contribution in [0, 0.1) is 7.43 Å². The van der Waals surface area contributed by atoms with Crippen LogP contribution in [-0.4, -0.2) is 97.9 Å². The predicted octanol–water partition coefficient (Wildman–Crippen LogP) is 3.17. The van der Waals surface area contributed by atoms with Crippen molar-refractivity contribution >= 4 is 96.9 Å². The quantitative estimate of drug-likeness (QED) is 0.0425. The summed E-state index contributed by atoms with van der Waals surface area (Å²) in [6.07, 6.45) is 14.2. The Morgan fingerprint density at radius 3 is 1.55 bits per heavy atom. The van der Waals surface area contributed by atoms with E-state index in [1.165, 1.54) is 0 Å². The first-order chi connectivity index (χ1) is 28.7. The maximum atomic E-state index is 13.2. The van der Waals surface area contributed by atoms with E-state index in [4.69, 9.17) is 28.2 Å². The molecule has 0 radical (unpaired) electrons. The molecule has 2 fully saturated rings. The molecule has 8 heterocycles. The van der Waals surface area contributed by atoms with E-state index >= 15 is 0 Å². The molecule has 0 spiro atoms. The standard InChI is InChI=1S/C21H23ClN6O2.C20H19ClN6O2.CH3.HI.Mg/c1-13(29)3-2-10-26-16-6-7-18(22)24-20(16)25-19(26)12-27-17-11-23-9-8-15(17)28(21(27)30)14-4-5-14;21-17-6-5-15-19(23-17)24-18(25(15)9-1-2-10-28)12-26-16-11-22-8-7-14(16)27(20(26)29)13-3-4-13;;;/h6-9,11,13-14,29H,2-5,10,12H2,1H3;5-8,10-11,13H,1-4,9,12H2;1H3;1H;/q;;-1;;+2/p-1. The molecular formula is C42H45Cl2IMgN12O4. The third kappa shape index (κ3) is 9.50. The van der Waals surface area contributed by atoms with Crippen molar-refractivity contribution in [1.82, 2.24) is 57.3 Å². The summed E-state index contributed by atoms with van der Waals surface area (Å²) in [6, 6.07) is 11.6. The van der Waals surface area contributed by atoms with Gasteiger partial charge in [0.2, 0.25) is 0 Å². The molecule has 0 saturated heterocycles. The molecule has 0 aromatic carbocycles. The zero-order chi connectivity index (χ0) is 40.8. The van der Waals surface area contributed by atoms with Gasteiger partial charge in [-0.15, -0.1) is 0 Å². The second kappa shape index (κ2) is 20.1. The summed E-state index contributed by atoms with van der Waals surface area (Å²) in [5.41, 5.74) is 6.14. The van der Waals surface area contributed by atoms with Gasteiger partial charge in [0.25, 0.3) is 0 Å². The van der Waals surface area contributed by atoms with Crippen LogP contribution in [0.15, 0.2) is 70.8 Å². The van der Waals surface area contributed by atoms with Gasteiger partial charge in [-0.25, -0.2) is 29.5 Å². The van der Waals surface area contributed by atoms with Crippen LogP contribution < -0.4 is 35.4 Å². The second-order valence-electron chi connectivity index (χ2n) is 15.3. The molecule has 1 N–H and O–H groups in total. The van der Waals surface area contributed by atoms with Crippen molar-refractivity contribution in [2.75, 3.05) is 0 Å². The number of aromatic nitrogens is 12. The van der Waals surface area contributed by atoms with Gasteiger partial charge in [-0.2, -0.15) is 0 Å². The van der Waals surface area contributed by atoms with Crippen LogP contribution >= 0.6 is 23.2 Å². The molecule has 0 bridgehead atoms. The first kappa shape index (κ1) is 47.3. The number of carbonyl (C=O) groups excluding carboxylic acids is 1. The number of hydrogen-bond acceptors (Lipinski definition) is 10. The van der Waals surface area contributed by atoms with Crippen molar-refractivity contribution in [1.29, 1.82) is 0 Å². The number of aldehydes is 1. The van der Waals surface area contributed by atoms with Gasteiger partial charge < -0.3 is 50.4 Å². The minimum absolute atomic E-state index is 0. The first-order valence-corrected chi connectivity index (χ1v) is 20.7. The molecule has 2 aliphatic carbocycles. The van der Waals surface area contributed by atoms with Crippen molar-refractivity contribution in [3.05, 3.63) is 112 Å². The molecule has 2 aliphatic rings. The monoisotopic (exact) mass is 1000 g/mol. The van der Waals surface area contributed by atoms with Crippen molar-refractivity contribution in [2.45, 2.75) is 103 Å². The average Bonchev–Trinajstić information content (AvgIpc) is 4.14. The Hall–Kier alpha value is -4.21. The van der Waals surface area contributed by atoms with Crippen LogP contribution in [0.4, 0.5) is 0 Å². The van der Waals surface area contributed by atoms with Crippen LogP contribution in [0.1, 0.15) is 82.0 Å². The number of nitrogens with zero attached hydrogens (tertiary/aromatic N) is 12. The van der Waals surface area contributed by atoms with Gasteiger partial charge in [-0.1, -0.05) is 23.2 Å². The molecule has 1 atom stereocenters. The van der Waals surface area contributed by atoms with Crippen molar-refractivity contribution in [3.8, 4) is 0 Å². The van der Waals surface area contributed by atoms with Gasteiger partial charge in [-0.3, -0.25) is 28.2 Å². The van der Waals surface area contributed by atoms with Crippen LogP contribution in [-0.2, 0) is 31.0 Å². The number of fused-ring (bicyclic) bond motifs is 4. The van der Waals surface area contributed by atoms with Gasteiger partial charge in [-0.05, 0) is 88.3 Å². The normalized spacial score (nSPS) is 14.0. The number of aryl methyl sites for hydroxylation is 2. The van der Waals surface area contributed by atoms with Gasteiger partial charge in [0.1, 0.15) is 28.2 Å². The van der Waals surface area contributed by atoms with Crippen LogP contribution in [0.5, 0.6) is 0 Å². The molecule has 20 heteroatoms.